The molecule has 10 nitrogen and oxygen atoms in total. The topological polar surface area (TPSA) is 108 Å². The quantitative estimate of drug-likeness (QED) is 0.0853. The first-order valence-corrected chi connectivity index (χ1v) is 23.4. The van der Waals surface area contributed by atoms with Crippen LogP contribution in [0.4, 0.5) is 5.69 Å². The zero-order chi connectivity index (χ0) is 41.0. The van der Waals surface area contributed by atoms with Gasteiger partial charge in [0.15, 0.2) is 15.6 Å². The number of Topliss-reactive ketones (excluding diaryl/α,β-unsaturated/α-hetero) is 1. The normalized spacial score (nSPS) is 26.6. The molecule has 0 atom stereocenters. The van der Waals surface area contributed by atoms with E-state index in [9.17, 15) is 13.2 Å². The summed E-state index contributed by atoms with van der Waals surface area (Å²) in [4.78, 5) is 29.1. The third kappa shape index (κ3) is 7.38. The number of halogens is 1. The maximum Gasteiger partial charge on any atom is 0.185 e. The number of alkyl halides is 1. The van der Waals surface area contributed by atoms with Crippen molar-refractivity contribution >= 4 is 43.9 Å². The van der Waals surface area contributed by atoms with Crippen LogP contribution in [0.15, 0.2) is 77.0 Å². The smallest absolute Gasteiger partial charge is 0.185 e. The van der Waals surface area contributed by atoms with Gasteiger partial charge in [0.25, 0.3) is 0 Å². The Balaban J connectivity index is 0.842. The van der Waals surface area contributed by atoms with Crippen molar-refractivity contribution in [3.05, 3.63) is 83.2 Å². The number of allylic oxidation sites excluding steroid dienone is 1. The number of ether oxygens (including phenoxy) is 2. The highest BCUT2D eigenvalue weighted by Crippen LogP contribution is 2.75. The number of anilines is 1. The molecular formula is C47H56ClN5O5S. The van der Waals surface area contributed by atoms with Crippen LogP contribution in [0, 0.1) is 23.2 Å². The number of ketones is 1. The summed E-state index contributed by atoms with van der Waals surface area (Å²) in [5.74, 6) is 0.258. The number of hydrogen-bond acceptors (Lipinski definition) is 9. The molecule has 59 heavy (non-hydrogen) atoms. The van der Waals surface area contributed by atoms with Gasteiger partial charge in [0, 0.05) is 79.4 Å². The molecule has 7 aliphatic rings. The molecule has 2 aromatic heterocycles. The van der Waals surface area contributed by atoms with Crippen LogP contribution in [0.1, 0.15) is 81.1 Å². The number of carbonyl (C=O) groups is 1. The van der Waals surface area contributed by atoms with E-state index in [1.54, 1.807) is 41.6 Å². The van der Waals surface area contributed by atoms with Gasteiger partial charge in [-0.1, -0.05) is 25.0 Å². The summed E-state index contributed by atoms with van der Waals surface area (Å²) in [6.07, 6.45) is 12.7. The highest BCUT2D eigenvalue weighted by molar-refractivity contribution is 7.92. The number of pyridine rings is 1. The molecule has 4 saturated carbocycles. The number of hydrogen-bond donors (Lipinski definition) is 1. The Labute approximate surface area is 353 Å². The van der Waals surface area contributed by atoms with Gasteiger partial charge in [-0.2, -0.15) is 0 Å². The maximum absolute atomic E-state index is 14.0. The Morgan fingerprint density at radius 1 is 0.983 bits per heavy atom. The number of nitrogens with zero attached hydrogens (tertiary/aromatic N) is 4. The van der Waals surface area contributed by atoms with Gasteiger partial charge in [0.05, 0.1) is 22.8 Å². The minimum atomic E-state index is -3.97. The third-order valence-electron chi connectivity index (χ3n) is 14.5. The summed E-state index contributed by atoms with van der Waals surface area (Å²) >= 11 is 6.76. The lowest BCUT2D eigenvalue weighted by molar-refractivity contribution is -0.109. The third-order valence-corrected chi connectivity index (χ3v) is 16.5. The molecule has 12 heteroatoms. The summed E-state index contributed by atoms with van der Waals surface area (Å²) in [6.45, 7) is 13.5. The van der Waals surface area contributed by atoms with Crippen molar-refractivity contribution in [1.29, 1.82) is 0 Å². The number of aryl methyl sites for hydroxylation is 1. The number of nitrogens with one attached hydrogen (secondary N) is 1. The van der Waals surface area contributed by atoms with Crippen molar-refractivity contribution in [3.63, 3.8) is 0 Å². The van der Waals surface area contributed by atoms with Crippen LogP contribution in [0.25, 0.3) is 11.0 Å². The van der Waals surface area contributed by atoms with Crippen molar-refractivity contribution in [1.82, 2.24) is 19.8 Å². The highest BCUT2D eigenvalue weighted by atomic mass is 35.5. The fraction of sp³-hybridized carbons (Fsp3) is 0.532. The summed E-state index contributed by atoms with van der Waals surface area (Å²) in [6, 6.07) is 14.2. The number of benzene rings is 2. The molecule has 2 bridgehead atoms. The van der Waals surface area contributed by atoms with Crippen LogP contribution < -0.4 is 14.4 Å². The Hall–Kier alpha value is -3.90. The first-order valence-electron chi connectivity index (χ1n) is 21.4. The summed E-state index contributed by atoms with van der Waals surface area (Å²) in [5.41, 5.74) is 7.08. The largest absolute Gasteiger partial charge is 0.490 e. The lowest BCUT2D eigenvalue weighted by Gasteiger charge is -2.70. The number of fused-ring (bicyclic) bond motifs is 1. The van der Waals surface area contributed by atoms with Crippen molar-refractivity contribution in [2.75, 3.05) is 63.5 Å². The lowest BCUT2D eigenvalue weighted by Crippen LogP contribution is -2.65. The molecule has 0 radical (unpaired) electrons. The van der Waals surface area contributed by atoms with Crippen molar-refractivity contribution in [2.45, 2.75) is 88.0 Å². The van der Waals surface area contributed by atoms with Gasteiger partial charge >= 0.3 is 0 Å². The van der Waals surface area contributed by atoms with Gasteiger partial charge in [0.2, 0.25) is 0 Å². The molecule has 2 aliphatic heterocycles. The minimum absolute atomic E-state index is 0.0704. The van der Waals surface area contributed by atoms with Crippen LogP contribution in [-0.2, 0) is 9.84 Å². The van der Waals surface area contributed by atoms with E-state index in [-0.39, 0.29) is 21.4 Å². The first kappa shape index (κ1) is 39.2. The Bertz CT molecular complexity index is 2450. The number of sulfone groups is 1. The van der Waals surface area contributed by atoms with Gasteiger partial charge in [-0.3, -0.25) is 9.69 Å². The van der Waals surface area contributed by atoms with E-state index < -0.39 is 21.4 Å². The predicted molar refractivity (Wildman–Crippen MR) is 232 cm³/mol. The molecule has 2 aromatic carbocycles. The molecule has 0 amide bonds. The molecular weight excluding hydrogens is 782 g/mol. The number of aromatic amines is 1. The minimum Gasteiger partial charge on any atom is -0.490 e. The average Bonchev–Trinajstić information content (AvgIpc) is 3.61. The highest BCUT2D eigenvalue weighted by Gasteiger charge is 2.69. The van der Waals surface area contributed by atoms with E-state index in [4.69, 9.17) is 21.1 Å². The summed E-state index contributed by atoms with van der Waals surface area (Å²) in [7, 11) is -1.84. The van der Waals surface area contributed by atoms with Crippen molar-refractivity contribution in [2.24, 2.45) is 16.2 Å². The second-order valence-corrected chi connectivity index (χ2v) is 22.7. The molecule has 5 aliphatic carbocycles. The maximum atomic E-state index is 14.0. The zero-order valence-corrected chi connectivity index (χ0v) is 36.4. The fourth-order valence-corrected chi connectivity index (χ4v) is 13.5. The lowest BCUT2D eigenvalue weighted by atomic mass is 9.39. The summed E-state index contributed by atoms with van der Waals surface area (Å²) < 4.78 is 40.3. The van der Waals surface area contributed by atoms with Crippen LogP contribution in [0.5, 0.6) is 17.2 Å². The van der Waals surface area contributed by atoms with Gasteiger partial charge in [-0.15, -0.1) is 11.6 Å². The SMILES string of the molecule is Cc1cc(S(=O)(=O)CC(=O)c2ccc(N3CCN(CC4=C(C56CC(Cl)(C5)C6)CC(C)(C)CC4)CC3)cc2Oc2cnc3[nH]ccc3c2)ccc1OC1CC2(C1)CN(C)C2. The zero-order valence-electron chi connectivity index (χ0n) is 34.8. The number of piperazine rings is 1. The van der Waals surface area contributed by atoms with E-state index >= 15 is 0 Å². The van der Waals surface area contributed by atoms with Crippen LogP contribution in [-0.4, -0.2) is 104 Å². The second-order valence-electron chi connectivity index (χ2n) is 19.9. The van der Waals surface area contributed by atoms with Crippen LogP contribution in [0.2, 0.25) is 0 Å². The van der Waals surface area contributed by atoms with Gasteiger partial charge in [0.1, 0.15) is 28.6 Å². The van der Waals surface area contributed by atoms with E-state index in [1.807, 2.05) is 37.4 Å². The molecule has 4 heterocycles. The molecule has 1 N–H and O–H groups in total. The van der Waals surface area contributed by atoms with Gasteiger partial charge < -0.3 is 24.3 Å². The number of likely N-dealkylation sites (tertiary alicyclic amines) is 1. The van der Waals surface area contributed by atoms with E-state index in [2.05, 4.69) is 45.6 Å². The van der Waals surface area contributed by atoms with Gasteiger partial charge in [-0.05, 0) is 124 Å². The van der Waals surface area contributed by atoms with Crippen LogP contribution in [0.3, 0.4) is 0 Å². The fourth-order valence-electron chi connectivity index (χ4n) is 11.4. The van der Waals surface area contributed by atoms with E-state index in [1.165, 1.54) is 19.3 Å². The molecule has 1 spiro atoms. The van der Waals surface area contributed by atoms with Crippen molar-refractivity contribution in [3.8, 4) is 17.2 Å². The molecule has 4 aromatic rings. The van der Waals surface area contributed by atoms with Crippen LogP contribution >= 0.6 is 11.6 Å². The number of aromatic nitrogens is 2. The number of rotatable bonds is 12. The van der Waals surface area contributed by atoms with Crippen molar-refractivity contribution < 1.29 is 22.7 Å². The summed E-state index contributed by atoms with van der Waals surface area (Å²) in [5, 5.41) is 0.872. The second kappa shape index (κ2) is 14.1. The molecule has 312 valence electrons. The Kier molecular flexibility index (Phi) is 9.36. The molecule has 2 saturated heterocycles. The molecule has 11 rings (SSSR count). The van der Waals surface area contributed by atoms with Gasteiger partial charge in [-0.25, -0.2) is 13.4 Å². The predicted octanol–water partition coefficient (Wildman–Crippen LogP) is 8.58. The van der Waals surface area contributed by atoms with E-state index in [0.717, 1.165) is 100 Å². The molecule has 0 unspecified atom stereocenters. The Morgan fingerprint density at radius 3 is 2.46 bits per heavy atom. The molecule has 6 fully saturated rings. The Morgan fingerprint density at radius 2 is 1.75 bits per heavy atom. The number of carbonyl (C=O) groups excluding carboxylic acids is 1. The standard InChI is InChI=1S/C47H56ClN5O5S/c1-31-17-37(6-8-41(31)58-36-20-45(21-36)29-51(4)30-45)59(55,56)25-40(54)38-7-5-34(19-42(38)57-35-18-32-10-12-49-43(32)50-23-35)53-15-13-52(14-16-53)24-33-9-11-44(2,3)22-39(33)46-26-47(48,27-46)28-46/h5-8,10,12,17-19,23,36H,9,11,13-16,20-22,24-30H2,1-4H3,(H,49,50). The first-order chi connectivity index (χ1) is 28.1. The monoisotopic (exact) mass is 837 g/mol. The van der Waals surface area contributed by atoms with E-state index in [0.29, 0.717) is 33.5 Å². The average molecular weight is 839 g/mol. The number of H-pyrrole nitrogens is 1.